The lowest BCUT2D eigenvalue weighted by Gasteiger charge is -2.16. The van der Waals surface area contributed by atoms with Crippen LogP contribution in [0.5, 0.6) is 0 Å². The summed E-state index contributed by atoms with van der Waals surface area (Å²) in [7, 11) is 1.76. The molecular formula is C15H20FN3. The Labute approximate surface area is 113 Å². The molecular weight excluding hydrogens is 241 g/mol. The Bertz CT molecular complexity index is 460. The molecule has 0 aliphatic heterocycles. The fraction of sp³-hybridized carbons (Fsp3) is 0.400. The molecule has 0 aromatic heterocycles. The van der Waals surface area contributed by atoms with Crippen LogP contribution in [0.1, 0.15) is 18.4 Å². The van der Waals surface area contributed by atoms with E-state index in [4.69, 9.17) is 0 Å². The average molecular weight is 261 g/mol. The van der Waals surface area contributed by atoms with Crippen molar-refractivity contribution in [2.75, 3.05) is 13.6 Å². The van der Waals surface area contributed by atoms with Crippen molar-refractivity contribution in [3.63, 3.8) is 0 Å². The van der Waals surface area contributed by atoms with E-state index >= 15 is 0 Å². The van der Waals surface area contributed by atoms with Crippen molar-refractivity contribution in [3.05, 3.63) is 47.8 Å². The molecule has 0 atom stereocenters. The Morgan fingerprint density at radius 3 is 2.84 bits per heavy atom. The lowest BCUT2D eigenvalue weighted by atomic mass is 10.1. The zero-order valence-corrected chi connectivity index (χ0v) is 11.2. The van der Waals surface area contributed by atoms with E-state index in [1.165, 1.54) is 6.07 Å². The molecule has 1 aromatic carbocycles. The van der Waals surface area contributed by atoms with Crippen LogP contribution in [-0.4, -0.2) is 25.6 Å². The Hall–Kier alpha value is -1.84. The predicted octanol–water partition coefficient (Wildman–Crippen LogP) is 2.25. The van der Waals surface area contributed by atoms with Crippen molar-refractivity contribution < 1.29 is 4.39 Å². The maximum atomic E-state index is 13.0. The lowest BCUT2D eigenvalue weighted by molar-refractivity contribution is 0.623. The van der Waals surface area contributed by atoms with Gasteiger partial charge in [-0.15, -0.1) is 0 Å². The van der Waals surface area contributed by atoms with E-state index in [-0.39, 0.29) is 5.82 Å². The van der Waals surface area contributed by atoms with Gasteiger partial charge in [0.25, 0.3) is 0 Å². The van der Waals surface area contributed by atoms with Crippen LogP contribution >= 0.6 is 0 Å². The molecule has 19 heavy (non-hydrogen) atoms. The SMILES string of the molecule is CN=C(NCCc1cccc(F)c1)NC1CC=CC1. The summed E-state index contributed by atoms with van der Waals surface area (Å²) in [5.41, 5.74) is 0.991. The topological polar surface area (TPSA) is 36.4 Å². The molecule has 1 aliphatic rings. The molecule has 0 saturated carbocycles. The number of aliphatic imine (C=N–C) groups is 1. The van der Waals surface area contributed by atoms with Gasteiger partial charge in [-0.25, -0.2) is 4.39 Å². The summed E-state index contributed by atoms with van der Waals surface area (Å²) in [4.78, 5) is 4.19. The first-order chi connectivity index (χ1) is 9.28. The number of halogens is 1. The van der Waals surface area contributed by atoms with Gasteiger partial charge in [0, 0.05) is 19.6 Å². The standard InChI is InChI=1S/C15H20FN3/c1-17-15(19-14-7-2-3-8-14)18-10-9-12-5-4-6-13(16)11-12/h2-6,11,14H,7-10H2,1H3,(H2,17,18,19). The van der Waals surface area contributed by atoms with Gasteiger partial charge in [0.05, 0.1) is 0 Å². The van der Waals surface area contributed by atoms with E-state index in [1.54, 1.807) is 19.2 Å². The Morgan fingerprint density at radius 2 is 2.16 bits per heavy atom. The van der Waals surface area contributed by atoms with Crippen LogP contribution in [0.25, 0.3) is 0 Å². The van der Waals surface area contributed by atoms with Crippen molar-refractivity contribution in [2.45, 2.75) is 25.3 Å². The summed E-state index contributed by atoms with van der Waals surface area (Å²) in [6.45, 7) is 0.739. The molecule has 1 aromatic rings. The number of benzene rings is 1. The molecule has 0 unspecified atom stereocenters. The molecule has 0 amide bonds. The molecule has 0 fully saturated rings. The van der Waals surface area contributed by atoms with Gasteiger partial charge in [-0.2, -0.15) is 0 Å². The van der Waals surface area contributed by atoms with Gasteiger partial charge >= 0.3 is 0 Å². The molecule has 0 radical (unpaired) electrons. The number of hydrogen-bond acceptors (Lipinski definition) is 1. The maximum Gasteiger partial charge on any atom is 0.191 e. The van der Waals surface area contributed by atoms with Crippen molar-refractivity contribution >= 4 is 5.96 Å². The van der Waals surface area contributed by atoms with E-state index in [1.807, 2.05) is 6.07 Å². The lowest BCUT2D eigenvalue weighted by Crippen LogP contribution is -2.43. The smallest absolute Gasteiger partial charge is 0.191 e. The van der Waals surface area contributed by atoms with Gasteiger partial charge in [0.2, 0.25) is 0 Å². The minimum atomic E-state index is -0.183. The van der Waals surface area contributed by atoms with Crippen molar-refractivity contribution in [2.24, 2.45) is 4.99 Å². The molecule has 0 spiro atoms. The minimum absolute atomic E-state index is 0.183. The van der Waals surface area contributed by atoms with Gasteiger partial charge in [0.15, 0.2) is 5.96 Å². The highest BCUT2D eigenvalue weighted by Crippen LogP contribution is 2.08. The third-order valence-corrected chi connectivity index (χ3v) is 3.17. The second-order valence-corrected chi connectivity index (χ2v) is 4.66. The summed E-state index contributed by atoms with van der Waals surface area (Å²) in [6, 6.07) is 7.15. The fourth-order valence-electron chi connectivity index (χ4n) is 2.14. The second kappa shape index (κ2) is 6.92. The van der Waals surface area contributed by atoms with Crippen molar-refractivity contribution in [3.8, 4) is 0 Å². The first-order valence-corrected chi connectivity index (χ1v) is 6.64. The number of rotatable bonds is 4. The van der Waals surface area contributed by atoms with Crippen LogP contribution in [0.2, 0.25) is 0 Å². The third-order valence-electron chi connectivity index (χ3n) is 3.17. The van der Waals surface area contributed by atoms with Crippen molar-refractivity contribution in [1.29, 1.82) is 0 Å². The zero-order valence-electron chi connectivity index (χ0n) is 11.2. The fourth-order valence-corrected chi connectivity index (χ4v) is 2.14. The summed E-state index contributed by atoms with van der Waals surface area (Å²) in [5.74, 6) is 0.627. The van der Waals surface area contributed by atoms with Crippen LogP contribution in [0, 0.1) is 5.82 Å². The Balaban J connectivity index is 1.74. The van der Waals surface area contributed by atoms with Crippen LogP contribution in [0.3, 0.4) is 0 Å². The maximum absolute atomic E-state index is 13.0. The van der Waals surface area contributed by atoms with E-state index in [0.717, 1.165) is 37.3 Å². The molecule has 102 valence electrons. The number of nitrogens with zero attached hydrogens (tertiary/aromatic N) is 1. The molecule has 2 rings (SSSR count). The van der Waals surface area contributed by atoms with E-state index < -0.39 is 0 Å². The molecule has 0 heterocycles. The molecule has 2 N–H and O–H groups in total. The van der Waals surface area contributed by atoms with E-state index in [0.29, 0.717) is 6.04 Å². The average Bonchev–Trinajstić information content (AvgIpc) is 2.90. The van der Waals surface area contributed by atoms with Crippen LogP contribution in [-0.2, 0) is 6.42 Å². The molecule has 3 nitrogen and oxygen atoms in total. The summed E-state index contributed by atoms with van der Waals surface area (Å²) < 4.78 is 13.0. The summed E-state index contributed by atoms with van der Waals surface area (Å²) in [6.07, 6.45) is 7.23. The monoisotopic (exact) mass is 261 g/mol. The molecule has 0 saturated heterocycles. The predicted molar refractivity (Wildman–Crippen MR) is 76.8 cm³/mol. The highest BCUT2D eigenvalue weighted by molar-refractivity contribution is 5.80. The van der Waals surface area contributed by atoms with Crippen molar-refractivity contribution in [1.82, 2.24) is 10.6 Å². The largest absolute Gasteiger partial charge is 0.356 e. The van der Waals surface area contributed by atoms with Crippen LogP contribution in [0.4, 0.5) is 4.39 Å². The Kier molecular flexibility index (Phi) is 4.95. The number of nitrogens with one attached hydrogen (secondary N) is 2. The number of hydrogen-bond donors (Lipinski definition) is 2. The molecule has 1 aliphatic carbocycles. The van der Waals surface area contributed by atoms with Gasteiger partial charge in [-0.1, -0.05) is 24.3 Å². The summed E-state index contributed by atoms with van der Waals surface area (Å²) in [5, 5.41) is 6.62. The second-order valence-electron chi connectivity index (χ2n) is 4.66. The molecule has 0 bridgehead atoms. The van der Waals surface area contributed by atoms with Gasteiger partial charge in [-0.3, -0.25) is 4.99 Å². The summed E-state index contributed by atoms with van der Waals surface area (Å²) >= 11 is 0. The van der Waals surface area contributed by atoms with E-state index in [2.05, 4.69) is 27.8 Å². The third kappa shape index (κ3) is 4.39. The number of guanidine groups is 1. The normalized spacial score (nSPS) is 15.8. The quantitative estimate of drug-likeness (QED) is 0.495. The van der Waals surface area contributed by atoms with Gasteiger partial charge in [0.1, 0.15) is 5.82 Å². The Morgan fingerprint density at radius 1 is 1.37 bits per heavy atom. The molecule has 4 heteroatoms. The highest BCUT2D eigenvalue weighted by atomic mass is 19.1. The first-order valence-electron chi connectivity index (χ1n) is 6.64. The van der Waals surface area contributed by atoms with Crippen LogP contribution in [0.15, 0.2) is 41.4 Å². The highest BCUT2D eigenvalue weighted by Gasteiger charge is 2.11. The van der Waals surface area contributed by atoms with Gasteiger partial charge < -0.3 is 10.6 Å². The first kappa shape index (κ1) is 13.6. The van der Waals surface area contributed by atoms with Crippen LogP contribution < -0.4 is 10.6 Å². The minimum Gasteiger partial charge on any atom is -0.356 e. The van der Waals surface area contributed by atoms with E-state index in [9.17, 15) is 4.39 Å². The van der Waals surface area contributed by atoms with Gasteiger partial charge in [-0.05, 0) is 37.0 Å². The zero-order chi connectivity index (χ0) is 13.5.